The van der Waals surface area contributed by atoms with Crippen molar-refractivity contribution in [1.29, 1.82) is 0 Å². The lowest BCUT2D eigenvalue weighted by atomic mass is 10.2. The molecule has 0 bridgehead atoms. The first kappa shape index (κ1) is 13.5. The maximum Gasteiger partial charge on any atom is 0.197 e. The fraction of sp³-hybridized carbons (Fsp3) is 0.417. The molecule has 6 heteroatoms. The molecule has 1 aromatic heterocycles. The zero-order chi connectivity index (χ0) is 11.7. The second-order valence-corrected chi connectivity index (χ2v) is 5.84. The molecule has 2 N–H and O–H groups in total. The summed E-state index contributed by atoms with van der Waals surface area (Å²) >= 11 is 0. The van der Waals surface area contributed by atoms with Crippen LogP contribution in [0.3, 0.4) is 0 Å². The molecule has 1 aromatic carbocycles. The van der Waals surface area contributed by atoms with Gasteiger partial charge < -0.3 is 10.3 Å². The Kier molecular flexibility index (Phi) is 4.37. The Bertz CT molecular complexity index is 518. The monoisotopic (exact) mass is 285 g/mol. The van der Waals surface area contributed by atoms with E-state index in [1.54, 1.807) is 0 Å². The van der Waals surface area contributed by atoms with Gasteiger partial charge in [-0.25, -0.2) is 4.98 Å². The fourth-order valence-electron chi connectivity index (χ4n) is 2.19. The Morgan fingerprint density at radius 1 is 1.39 bits per heavy atom. The lowest BCUT2D eigenvalue weighted by Crippen LogP contribution is -2.15. The number of fused-ring (bicyclic) bond motifs is 1. The Balaban J connectivity index is 0.00000120. The molecule has 2 heterocycles. The first-order valence-electron chi connectivity index (χ1n) is 5.87. The lowest BCUT2D eigenvalue weighted by molar-refractivity contribution is 0.629. The third-order valence-electron chi connectivity index (χ3n) is 3.13. The van der Waals surface area contributed by atoms with Crippen molar-refractivity contribution in [2.45, 2.75) is 11.6 Å². The second kappa shape index (κ2) is 5.82. The molecule has 0 spiro atoms. The molecule has 2 atom stereocenters. The Morgan fingerprint density at radius 3 is 2.94 bits per heavy atom. The maximum absolute atomic E-state index is 12.2. The number of para-hydroxylation sites is 2. The zero-order valence-electron chi connectivity index (χ0n) is 9.89. The highest BCUT2D eigenvalue weighted by Gasteiger charge is 2.19. The molecule has 0 saturated carbocycles. The average molecular weight is 286 g/mol. The van der Waals surface area contributed by atoms with E-state index < -0.39 is 10.8 Å². The molecule has 4 nitrogen and oxygen atoms in total. The average Bonchev–Trinajstić information content (AvgIpc) is 2.96. The van der Waals surface area contributed by atoms with Crippen LogP contribution < -0.4 is 5.32 Å². The Labute approximate surface area is 114 Å². The van der Waals surface area contributed by atoms with Crippen molar-refractivity contribution in [3.05, 3.63) is 24.3 Å². The molecular formula is C12H16ClN3OS. The van der Waals surface area contributed by atoms with Crippen LogP contribution in [0.5, 0.6) is 0 Å². The highest BCUT2D eigenvalue weighted by Crippen LogP contribution is 2.16. The van der Waals surface area contributed by atoms with Gasteiger partial charge in [0.25, 0.3) is 0 Å². The molecular weight excluding hydrogens is 270 g/mol. The standard InChI is InChI=1S/C12H15N3OS.ClH/c16-17(8-9-5-6-13-7-9)12-14-10-3-1-2-4-11(10)15-12;/h1-4,9,13H,5-8H2,(H,14,15);1H. The van der Waals surface area contributed by atoms with Crippen molar-refractivity contribution in [1.82, 2.24) is 15.3 Å². The van der Waals surface area contributed by atoms with E-state index in [1.165, 1.54) is 0 Å². The van der Waals surface area contributed by atoms with Crippen molar-refractivity contribution in [3.8, 4) is 0 Å². The molecule has 98 valence electrons. The summed E-state index contributed by atoms with van der Waals surface area (Å²) < 4.78 is 12.2. The number of aromatic amines is 1. The van der Waals surface area contributed by atoms with Crippen molar-refractivity contribution in [2.75, 3.05) is 18.8 Å². The van der Waals surface area contributed by atoms with Gasteiger partial charge in [0.05, 0.1) is 21.8 Å². The van der Waals surface area contributed by atoms with Gasteiger partial charge >= 0.3 is 0 Å². The van der Waals surface area contributed by atoms with Crippen molar-refractivity contribution < 1.29 is 4.21 Å². The van der Waals surface area contributed by atoms with Crippen molar-refractivity contribution >= 4 is 34.2 Å². The van der Waals surface area contributed by atoms with Gasteiger partial charge in [0.15, 0.2) is 5.16 Å². The summed E-state index contributed by atoms with van der Waals surface area (Å²) in [7, 11) is -1.01. The topological polar surface area (TPSA) is 57.8 Å². The van der Waals surface area contributed by atoms with E-state index in [1.807, 2.05) is 24.3 Å². The summed E-state index contributed by atoms with van der Waals surface area (Å²) in [4.78, 5) is 7.52. The molecule has 0 radical (unpaired) electrons. The fourth-order valence-corrected chi connectivity index (χ4v) is 3.48. The van der Waals surface area contributed by atoms with E-state index in [0.717, 1.165) is 30.5 Å². The smallest absolute Gasteiger partial charge is 0.197 e. The number of benzene rings is 1. The van der Waals surface area contributed by atoms with Gasteiger partial charge in [0, 0.05) is 5.75 Å². The molecule has 3 rings (SSSR count). The highest BCUT2D eigenvalue weighted by atomic mass is 35.5. The molecule has 0 amide bonds. The molecule has 2 unspecified atom stereocenters. The lowest BCUT2D eigenvalue weighted by Gasteiger charge is -2.05. The molecule has 0 aliphatic carbocycles. The van der Waals surface area contributed by atoms with E-state index in [-0.39, 0.29) is 12.4 Å². The van der Waals surface area contributed by atoms with E-state index in [0.29, 0.717) is 16.8 Å². The molecule has 1 aliphatic rings. The van der Waals surface area contributed by atoms with Crippen molar-refractivity contribution in [2.24, 2.45) is 5.92 Å². The maximum atomic E-state index is 12.2. The number of hydrogen-bond acceptors (Lipinski definition) is 3. The van der Waals surface area contributed by atoms with E-state index in [2.05, 4.69) is 15.3 Å². The number of aromatic nitrogens is 2. The number of nitrogens with zero attached hydrogens (tertiary/aromatic N) is 1. The minimum absolute atomic E-state index is 0. The quantitative estimate of drug-likeness (QED) is 0.902. The van der Waals surface area contributed by atoms with E-state index >= 15 is 0 Å². The molecule has 18 heavy (non-hydrogen) atoms. The number of H-pyrrole nitrogens is 1. The molecule has 1 aliphatic heterocycles. The predicted molar refractivity (Wildman–Crippen MR) is 75.6 cm³/mol. The normalized spacial score (nSPS) is 20.8. The van der Waals surface area contributed by atoms with Gasteiger partial charge in [-0.2, -0.15) is 0 Å². The number of halogens is 1. The number of nitrogens with one attached hydrogen (secondary N) is 2. The summed E-state index contributed by atoms with van der Waals surface area (Å²) in [5.74, 6) is 1.22. The van der Waals surface area contributed by atoms with Crippen molar-refractivity contribution in [3.63, 3.8) is 0 Å². The van der Waals surface area contributed by atoms with Crippen LogP contribution in [-0.4, -0.2) is 33.0 Å². The SMILES string of the molecule is Cl.O=S(CC1CCNC1)c1nc2ccccc2[nH]1. The highest BCUT2D eigenvalue weighted by molar-refractivity contribution is 7.84. The van der Waals surface area contributed by atoms with Gasteiger partial charge in [0.2, 0.25) is 0 Å². The van der Waals surface area contributed by atoms with Gasteiger partial charge in [-0.1, -0.05) is 12.1 Å². The van der Waals surface area contributed by atoms with E-state index in [4.69, 9.17) is 0 Å². The Hall–Kier alpha value is -0.910. The predicted octanol–water partition coefficient (Wildman–Crippen LogP) is 1.70. The number of imidazole rings is 1. The summed E-state index contributed by atoms with van der Waals surface area (Å²) in [5.41, 5.74) is 1.85. The Morgan fingerprint density at radius 2 is 2.22 bits per heavy atom. The van der Waals surface area contributed by atoms with Crippen LogP contribution in [0.25, 0.3) is 11.0 Å². The third kappa shape index (κ3) is 2.74. The minimum Gasteiger partial charge on any atom is -0.331 e. The zero-order valence-corrected chi connectivity index (χ0v) is 11.5. The van der Waals surface area contributed by atoms with Crippen LogP contribution in [0, 0.1) is 5.92 Å². The number of hydrogen-bond donors (Lipinski definition) is 2. The third-order valence-corrected chi connectivity index (χ3v) is 4.53. The first-order chi connectivity index (χ1) is 8.33. The molecule has 1 saturated heterocycles. The van der Waals surface area contributed by atoms with Gasteiger partial charge in [-0.15, -0.1) is 12.4 Å². The van der Waals surface area contributed by atoms with Crippen LogP contribution >= 0.6 is 12.4 Å². The number of rotatable bonds is 3. The second-order valence-electron chi connectivity index (χ2n) is 4.43. The minimum atomic E-state index is -1.01. The summed E-state index contributed by atoms with van der Waals surface area (Å²) in [6, 6.07) is 7.79. The summed E-state index contributed by atoms with van der Waals surface area (Å²) in [6.45, 7) is 2.02. The van der Waals surface area contributed by atoms with Gasteiger partial charge in [0.1, 0.15) is 0 Å². The molecule has 2 aromatic rings. The van der Waals surface area contributed by atoms with Crippen LogP contribution in [0.15, 0.2) is 29.4 Å². The van der Waals surface area contributed by atoms with Crippen LogP contribution in [-0.2, 0) is 10.8 Å². The largest absolute Gasteiger partial charge is 0.331 e. The van der Waals surface area contributed by atoms with Crippen LogP contribution in [0.1, 0.15) is 6.42 Å². The van der Waals surface area contributed by atoms with Gasteiger partial charge in [-0.05, 0) is 37.6 Å². The molecule has 1 fully saturated rings. The van der Waals surface area contributed by atoms with E-state index in [9.17, 15) is 4.21 Å². The summed E-state index contributed by atoms with van der Waals surface area (Å²) in [6.07, 6.45) is 1.12. The van der Waals surface area contributed by atoms with Crippen LogP contribution in [0.4, 0.5) is 0 Å². The van der Waals surface area contributed by atoms with Crippen LogP contribution in [0.2, 0.25) is 0 Å². The first-order valence-corrected chi connectivity index (χ1v) is 7.18. The van der Waals surface area contributed by atoms with Gasteiger partial charge in [-0.3, -0.25) is 4.21 Å². The summed E-state index contributed by atoms with van der Waals surface area (Å²) in [5, 5.41) is 3.90.